The first-order chi connectivity index (χ1) is 13.4. The molecule has 6 nitrogen and oxygen atoms in total. The van der Waals surface area contributed by atoms with Gasteiger partial charge in [-0.25, -0.2) is 0 Å². The van der Waals surface area contributed by atoms with Crippen LogP contribution in [-0.2, 0) is 25.7 Å². The van der Waals surface area contributed by atoms with Crippen molar-refractivity contribution < 1.29 is 19.1 Å². The predicted octanol–water partition coefficient (Wildman–Crippen LogP) is 3.52. The van der Waals surface area contributed by atoms with Crippen LogP contribution < -0.4 is 5.32 Å². The first-order valence-corrected chi connectivity index (χ1v) is 9.41. The van der Waals surface area contributed by atoms with Crippen LogP contribution in [0.15, 0.2) is 48.5 Å². The van der Waals surface area contributed by atoms with Gasteiger partial charge in [-0.05, 0) is 23.8 Å². The van der Waals surface area contributed by atoms with Crippen molar-refractivity contribution in [3.63, 3.8) is 0 Å². The van der Waals surface area contributed by atoms with Gasteiger partial charge in [-0.3, -0.25) is 14.4 Å². The third kappa shape index (κ3) is 5.24. The van der Waals surface area contributed by atoms with Gasteiger partial charge < -0.3 is 15.0 Å². The van der Waals surface area contributed by atoms with Gasteiger partial charge in [-0.1, -0.05) is 53.5 Å². The number of anilines is 1. The van der Waals surface area contributed by atoms with Crippen LogP contribution in [0.3, 0.4) is 0 Å². The predicted molar refractivity (Wildman–Crippen MR) is 106 cm³/mol. The van der Waals surface area contributed by atoms with E-state index in [-0.39, 0.29) is 23.9 Å². The van der Waals surface area contributed by atoms with Crippen LogP contribution in [0, 0.1) is 5.92 Å². The summed E-state index contributed by atoms with van der Waals surface area (Å²) in [6.45, 7) is 0.261. The highest BCUT2D eigenvalue weighted by Crippen LogP contribution is 2.25. The molecule has 146 valence electrons. The summed E-state index contributed by atoms with van der Waals surface area (Å²) in [4.78, 5) is 38.0. The fourth-order valence-electron chi connectivity index (χ4n) is 2.92. The van der Waals surface area contributed by atoms with Gasteiger partial charge in [0.15, 0.2) is 6.61 Å². The molecule has 1 N–H and O–H groups in total. The number of hydrogen-bond donors (Lipinski definition) is 1. The normalized spacial score (nSPS) is 16.1. The fourth-order valence-corrected chi connectivity index (χ4v) is 3.37. The van der Waals surface area contributed by atoms with Gasteiger partial charge in [0.05, 0.1) is 16.6 Å². The first-order valence-electron chi connectivity index (χ1n) is 8.65. The Bertz CT molecular complexity index is 889. The molecule has 0 aromatic heterocycles. The van der Waals surface area contributed by atoms with Gasteiger partial charge in [0.2, 0.25) is 5.91 Å². The van der Waals surface area contributed by atoms with Crippen molar-refractivity contribution in [3.05, 3.63) is 64.1 Å². The number of halogens is 2. The van der Waals surface area contributed by atoms with Crippen LogP contribution >= 0.6 is 23.2 Å². The van der Waals surface area contributed by atoms with E-state index < -0.39 is 24.4 Å². The van der Waals surface area contributed by atoms with E-state index in [1.165, 1.54) is 6.07 Å². The molecule has 1 saturated heterocycles. The minimum atomic E-state index is -0.580. The van der Waals surface area contributed by atoms with Crippen molar-refractivity contribution in [1.82, 2.24) is 4.90 Å². The second-order valence-corrected chi connectivity index (χ2v) is 7.28. The van der Waals surface area contributed by atoms with E-state index in [1.54, 1.807) is 17.0 Å². The van der Waals surface area contributed by atoms with E-state index in [0.29, 0.717) is 17.3 Å². The van der Waals surface area contributed by atoms with E-state index in [9.17, 15) is 14.4 Å². The standard InChI is InChI=1S/C20H18Cl2N2O4/c21-15-6-7-17(16(22)9-15)23-18(25)12-28-20(27)14-8-19(26)24(11-14)10-13-4-2-1-3-5-13/h1-7,9,14H,8,10-12H2,(H,23,25)/t14-/m1/s1. The van der Waals surface area contributed by atoms with Crippen LogP contribution in [0.5, 0.6) is 0 Å². The number of rotatable bonds is 6. The lowest BCUT2D eigenvalue weighted by atomic mass is 10.1. The van der Waals surface area contributed by atoms with E-state index in [0.717, 1.165) is 5.56 Å². The molecule has 28 heavy (non-hydrogen) atoms. The number of carbonyl (C=O) groups is 3. The minimum Gasteiger partial charge on any atom is -0.455 e. The van der Waals surface area contributed by atoms with Crippen LogP contribution in [0.1, 0.15) is 12.0 Å². The summed E-state index contributed by atoms with van der Waals surface area (Å²) >= 11 is 11.8. The maximum absolute atomic E-state index is 12.2. The molecule has 0 unspecified atom stereocenters. The average molecular weight is 421 g/mol. The second kappa shape index (κ2) is 9.08. The molecular formula is C20H18Cl2N2O4. The summed E-state index contributed by atoms with van der Waals surface area (Å²) in [6, 6.07) is 14.2. The number of nitrogens with zero attached hydrogens (tertiary/aromatic N) is 1. The maximum atomic E-state index is 12.2. The average Bonchev–Trinajstić information content (AvgIpc) is 3.03. The molecule has 8 heteroatoms. The van der Waals surface area contributed by atoms with Gasteiger partial charge in [0.1, 0.15) is 0 Å². The summed E-state index contributed by atoms with van der Waals surface area (Å²) in [7, 11) is 0. The zero-order chi connectivity index (χ0) is 20.1. The Hall–Kier alpha value is -2.57. The zero-order valence-corrected chi connectivity index (χ0v) is 16.4. The van der Waals surface area contributed by atoms with Crippen molar-refractivity contribution in [3.8, 4) is 0 Å². The Kier molecular flexibility index (Phi) is 6.54. The number of hydrogen-bond acceptors (Lipinski definition) is 4. The number of benzene rings is 2. The third-order valence-corrected chi connectivity index (χ3v) is 4.86. The lowest BCUT2D eigenvalue weighted by Crippen LogP contribution is -2.28. The molecule has 0 spiro atoms. The zero-order valence-electron chi connectivity index (χ0n) is 14.9. The van der Waals surface area contributed by atoms with Crippen LogP contribution in [-0.4, -0.2) is 35.8 Å². The number of carbonyl (C=O) groups excluding carboxylic acids is 3. The molecular weight excluding hydrogens is 403 g/mol. The molecule has 0 radical (unpaired) electrons. The second-order valence-electron chi connectivity index (χ2n) is 6.44. The number of esters is 1. The highest BCUT2D eigenvalue weighted by Gasteiger charge is 2.35. The molecule has 1 fully saturated rings. The quantitative estimate of drug-likeness (QED) is 0.725. The summed E-state index contributed by atoms with van der Waals surface area (Å²) in [5.41, 5.74) is 1.36. The van der Waals surface area contributed by atoms with E-state index >= 15 is 0 Å². The summed E-state index contributed by atoms with van der Waals surface area (Å²) in [6.07, 6.45) is 0.0797. The topological polar surface area (TPSA) is 75.7 Å². The molecule has 0 saturated carbocycles. The number of likely N-dealkylation sites (tertiary alicyclic amines) is 1. The van der Waals surface area contributed by atoms with Crippen molar-refractivity contribution in [2.75, 3.05) is 18.5 Å². The van der Waals surface area contributed by atoms with Crippen LogP contribution in [0.2, 0.25) is 10.0 Å². The molecule has 1 atom stereocenters. The molecule has 2 aromatic carbocycles. The maximum Gasteiger partial charge on any atom is 0.311 e. The lowest BCUT2D eigenvalue weighted by molar-refractivity contribution is -0.151. The molecule has 1 heterocycles. The van der Waals surface area contributed by atoms with Gasteiger partial charge in [0, 0.05) is 24.5 Å². The summed E-state index contributed by atoms with van der Waals surface area (Å²) in [5, 5.41) is 3.28. The van der Waals surface area contributed by atoms with E-state index in [1.807, 2.05) is 30.3 Å². The Morgan fingerprint density at radius 3 is 2.61 bits per heavy atom. The molecule has 2 aromatic rings. The Morgan fingerprint density at radius 1 is 1.14 bits per heavy atom. The van der Waals surface area contributed by atoms with Crippen LogP contribution in [0.25, 0.3) is 0 Å². The van der Waals surface area contributed by atoms with Crippen molar-refractivity contribution in [2.45, 2.75) is 13.0 Å². The van der Waals surface area contributed by atoms with Gasteiger partial charge in [0.25, 0.3) is 5.91 Å². The van der Waals surface area contributed by atoms with Crippen LogP contribution in [0.4, 0.5) is 5.69 Å². The van der Waals surface area contributed by atoms with Gasteiger partial charge in [-0.2, -0.15) is 0 Å². The number of amides is 2. The smallest absolute Gasteiger partial charge is 0.311 e. The summed E-state index contributed by atoms with van der Waals surface area (Å²) in [5.74, 6) is -1.78. The van der Waals surface area contributed by atoms with E-state index in [2.05, 4.69) is 5.32 Å². The number of ether oxygens (including phenoxy) is 1. The van der Waals surface area contributed by atoms with Crippen molar-refractivity contribution >= 4 is 46.7 Å². The van der Waals surface area contributed by atoms with Crippen molar-refractivity contribution in [2.24, 2.45) is 5.92 Å². The third-order valence-electron chi connectivity index (χ3n) is 4.31. The Morgan fingerprint density at radius 2 is 1.89 bits per heavy atom. The molecule has 0 aliphatic carbocycles. The van der Waals surface area contributed by atoms with Crippen molar-refractivity contribution in [1.29, 1.82) is 0 Å². The van der Waals surface area contributed by atoms with Gasteiger partial charge in [-0.15, -0.1) is 0 Å². The highest BCUT2D eigenvalue weighted by molar-refractivity contribution is 6.36. The first kappa shape index (κ1) is 20.2. The largest absolute Gasteiger partial charge is 0.455 e. The Labute approximate surface area is 172 Å². The Balaban J connectivity index is 1.48. The van der Waals surface area contributed by atoms with Gasteiger partial charge >= 0.3 is 5.97 Å². The SMILES string of the molecule is O=C(COC(=O)[C@@H]1CC(=O)N(Cc2ccccc2)C1)Nc1ccc(Cl)cc1Cl. The highest BCUT2D eigenvalue weighted by atomic mass is 35.5. The molecule has 1 aliphatic heterocycles. The molecule has 2 amide bonds. The lowest BCUT2D eigenvalue weighted by Gasteiger charge is -2.16. The fraction of sp³-hybridized carbons (Fsp3) is 0.250. The number of nitrogens with one attached hydrogen (secondary N) is 1. The minimum absolute atomic E-state index is 0.0797. The molecule has 0 bridgehead atoms. The van der Waals surface area contributed by atoms with E-state index in [4.69, 9.17) is 27.9 Å². The molecule has 3 rings (SSSR count). The summed E-state index contributed by atoms with van der Waals surface area (Å²) < 4.78 is 5.07. The molecule has 1 aliphatic rings. The monoisotopic (exact) mass is 420 g/mol.